The molecule has 0 spiro atoms. The summed E-state index contributed by atoms with van der Waals surface area (Å²) >= 11 is 3.43. The average molecular weight is 511 g/mol. The highest BCUT2D eigenvalue weighted by molar-refractivity contribution is 14.0. The molecule has 1 aliphatic heterocycles. The number of thioether (sulfide) groups is 1. The van der Waals surface area contributed by atoms with E-state index in [4.69, 9.17) is 4.99 Å². The number of nitrogens with one attached hydrogen (secondary N) is 2. The predicted octanol–water partition coefficient (Wildman–Crippen LogP) is 2.84. The summed E-state index contributed by atoms with van der Waals surface area (Å²) in [4.78, 5) is 23.9. The van der Waals surface area contributed by atoms with Crippen molar-refractivity contribution in [2.24, 2.45) is 10.9 Å². The van der Waals surface area contributed by atoms with Crippen LogP contribution in [0.5, 0.6) is 0 Å². The Morgan fingerprint density at radius 1 is 1.46 bits per heavy atom. The van der Waals surface area contributed by atoms with Crippen LogP contribution in [-0.2, 0) is 0 Å². The highest BCUT2D eigenvalue weighted by Crippen LogP contribution is 2.24. The molecule has 1 unspecified atom stereocenters. The van der Waals surface area contributed by atoms with E-state index >= 15 is 0 Å². The Kier molecular flexibility index (Phi) is 10.9. The standard InChI is InChI=1S/C17H29N5OS2.HI/c1-5-18-17(22-8-9-24-14(10-22)12(2)3)20-7-6-19-16(23)15-13(4)21-11-25-15;/h11-12,14H,5-10H2,1-4H3,(H,18,20)(H,19,23);1H. The maximum Gasteiger partial charge on any atom is 0.263 e. The topological polar surface area (TPSA) is 69.6 Å². The molecule has 0 bridgehead atoms. The first-order valence-electron chi connectivity index (χ1n) is 8.86. The molecule has 1 aromatic rings. The Bertz CT molecular complexity index is 593. The van der Waals surface area contributed by atoms with Crippen LogP contribution in [0.15, 0.2) is 10.5 Å². The molecule has 6 nitrogen and oxygen atoms in total. The molecule has 9 heteroatoms. The third-order valence-electron chi connectivity index (χ3n) is 4.08. The predicted molar refractivity (Wildman–Crippen MR) is 123 cm³/mol. The fraction of sp³-hybridized carbons (Fsp3) is 0.706. The van der Waals surface area contributed by atoms with Gasteiger partial charge in [0.15, 0.2) is 5.96 Å². The molecule has 2 rings (SSSR count). The molecule has 148 valence electrons. The number of nitrogens with zero attached hydrogens (tertiary/aromatic N) is 3. The molecule has 2 heterocycles. The zero-order valence-electron chi connectivity index (χ0n) is 15.9. The van der Waals surface area contributed by atoms with Crippen molar-refractivity contribution in [3.05, 3.63) is 16.1 Å². The van der Waals surface area contributed by atoms with Gasteiger partial charge in [0, 0.05) is 37.2 Å². The van der Waals surface area contributed by atoms with Gasteiger partial charge in [-0.3, -0.25) is 9.79 Å². The van der Waals surface area contributed by atoms with E-state index in [9.17, 15) is 4.79 Å². The number of hydrogen-bond acceptors (Lipinski definition) is 5. The molecule has 0 aromatic carbocycles. The number of thiazole rings is 1. The SMILES string of the molecule is CCNC(=NCCNC(=O)c1scnc1C)N1CCSC(C(C)C)C1.I. The molecule has 1 fully saturated rings. The van der Waals surface area contributed by atoms with E-state index in [1.165, 1.54) is 11.3 Å². The summed E-state index contributed by atoms with van der Waals surface area (Å²) in [6, 6.07) is 0. The number of guanidine groups is 1. The summed E-state index contributed by atoms with van der Waals surface area (Å²) in [5.41, 5.74) is 2.48. The van der Waals surface area contributed by atoms with Crippen LogP contribution in [0.2, 0.25) is 0 Å². The minimum Gasteiger partial charge on any atom is -0.357 e. The first kappa shape index (κ1) is 23.5. The molecule has 26 heavy (non-hydrogen) atoms. The van der Waals surface area contributed by atoms with E-state index in [1.807, 2.05) is 6.92 Å². The summed E-state index contributed by atoms with van der Waals surface area (Å²) in [5.74, 6) is 2.69. The summed E-state index contributed by atoms with van der Waals surface area (Å²) in [6.45, 7) is 12.5. The second kappa shape index (κ2) is 12.0. The van der Waals surface area contributed by atoms with Gasteiger partial charge in [0.25, 0.3) is 5.91 Å². The second-order valence-electron chi connectivity index (χ2n) is 6.36. The number of rotatable bonds is 6. The molecule has 1 aromatic heterocycles. The van der Waals surface area contributed by atoms with Crippen LogP contribution in [0, 0.1) is 12.8 Å². The highest BCUT2D eigenvalue weighted by Gasteiger charge is 2.24. The Morgan fingerprint density at radius 2 is 2.23 bits per heavy atom. The van der Waals surface area contributed by atoms with Gasteiger partial charge in [-0.25, -0.2) is 4.98 Å². The molecule has 0 saturated carbocycles. The monoisotopic (exact) mass is 511 g/mol. The molecule has 2 N–H and O–H groups in total. The van der Waals surface area contributed by atoms with Crippen molar-refractivity contribution in [2.45, 2.75) is 32.9 Å². The largest absolute Gasteiger partial charge is 0.357 e. The van der Waals surface area contributed by atoms with E-state index in [-0.39, 0.29) is 29.9 Å². The average Bonchev–Trinajstić information content (AvgIpc) is 3.03. The zero-order chi connectivity index (χ0) is 18.2. The zero-order valence-corrected chi connectivity index (χ0v) is 19.9. The summed E-state index contributed by atoms with van der Waals surface area (Å²) in [5, 5.41) is 6.95. The highest BCUT2D eigenvalue weighted by atomic mass is 127. The third kappa shape index (κ3) is 6.88. The fourth-order valence-electron chi connectivity index (χ4n) is 2.63. The Labute approximate surface area is 182 Å². The van der Waals surface area contributed by atoms with Crippen LogP contribution in [0.3, 0.4) is 0 Å². The first-order chi connectivity index (χ1) is 12.0. The van der Waals surface area contributed by atoms with Crippen molar-refractivity contribution in [3.8, 4) is 0 Å². The van der Waals surface area contributed by atoms with Gasteiger partial charge >= 0.3 is 0 Å². The second-order valence-corrected chi connectivity index (χ2v) is 8.56. The van der Waals surface area contributed by atoms with E-state index in [0.717, 1.165) is 37.0 Å². The van der Waals surface area contributed by atoms with Crippen LogP contribution in [-0.4, -0.2) is 65.5 Å². The van der Waals surface area contributed by atoms with Crippen molar-refractivity contribution in [1.82, 2.24) is 20.5 Å². The lowest BCUT2D eigenvalue weighted by Gasteiger charge is -2.36. The van der Waals surface area contributed by atoms with Crippen LogP contribution in [0.4, 0.5) is 0 Å². The van der Waals surface area contributed by atoms with Crippen molar-refractivity contribution in [1.29, 1.82) is 0 Å². The molecule has 1 amide bonds. The maximum atomic E-state index is 12.1. The number of aryl methyl sites for hydroxylation is 1. The Balaban J connectivity index is 0.00000338. The summed E-state index contributed by atoms with van der Waals surface area (Å²) in [7, 11) is 0. The van der Waals surface area contributed by atoms with E-state index in [2.05, 4.69) is 53.1 Å². The molecule has 1 atom stereocenters. The summed E-state index contributed by atoms with van der Waals surface area (Å²) < 4.78 is 0. The smallest absolute Gasteiger partial charge is 0.263 e. The van der Waals surface area contributed by atoms with Gasteiger partial charge in [-0.1, -0.05) is 13.8 Å². The number of halogens is 1. The Morgan fingerprint density at radius 3 is 2.85 bits per heavy atom. The normalized spacial score (nSPS) is 17.8. The lowest BCUT2D eigenvalue weighted by molar-refractivity contribution is 0.0958. The van der Waals surface area contributed by atoms with E-state index in [1.54, 1.807) is 5.51 Å². The van der Waals surface area contributed by atoms with Crippen molar-refractivity contribution >= 4 is 58.9 Å². The molecule has 1 aliphatic rings. The third-order valence-corrected chi connectivity index (χ3v) is 6.55. The first-order valence-corrected chi connectivity index (χ1v) is 10.8. The summed E-state index contributed by atoms with van der Waals surface area (Å²) in [6.07, 6.45) is 0. The Hall–Kier alpha value is -0.550. The minimum absolute atomic E-state index is 0. The van der Waals surface area contributed by atoms with Gasteiger partial charge in [0.2, 0.25) is 0 Å². The van der Waals surface area contributed by atoms with Gasteiger partial charge in [0.1, 0.15) is 4.88 Å². The molecule has 0 radical (unpaired) electrons. The number of carbonyl (C=O) groups is 1. The lowest BCUT2D eigenvalue weighted by atomic mass is 10.1. The number of aromatic nitrogens is 1. The maximum absolute atomic E-state index is 12.1. The molecule has 1 saturated heterocycles. The van der Waals surface area contributed by atoms with E-state index in [0.29, 0.717) is 29.1 Å². The number of hydrogen-bond donors (Lipinski definition) is 2. The van der Waals surface area contributed by atoms with Crippen molar-refractivity contribution < 1.29 is 4.79 Å². The fourth-order valence-corrected chi connectivity index (χ4v) is 4.65. The van der Waals surface area contributed by atoms with Gasteiger partial charge in [-0.15, -0.1) is 35.3 Å². The van der Waals surface area contributed by atoms with Crippen molar-refractivity contribution in [2.75, 3.05) is 38.5 Å². The van der Waals surface area contributed by atoms with Crippen LogP contribution < -0.4 is 10.6 Å². The number of amides is 1. The lowest BCUT2D eigenvalue weighted by Crippen LogP contribution is -2.49. The minimum atomic E-state index is -0.0607. The van der Waals surface area contributed by atoms with Gasteiger partial charge in [-0.05, 0) is 19.8 Å². The quantitative estimate of drug-likeness (QED) is 0.266. The van der Waals surface area contributed by atoms with Crippen LogP contribution in [0.1, 0.15) is 36.1 Å². The van der Waals surface area contributed by atoms with Crippen molar-refractivity contribution in [3.63, 3.8) is 0 Å². The molecular formula is C17H30IN5OS2. The van der Waals surface area contributed by atoms with Crippen LogP contribution in [0.25, 0.3) is 0 Å². The number of carbonyl (C=O) groups excluding carboxylic acids is 1. The molecule has 0 aliphatic carbocycles. The molecular weight excluding hydrogens is 481 g/mol. The number of aliphatic imine (C=N–C) groups is 1. The van der Waals surface area contributed by atoms with Gasteiger partial charge < -0.3 is 15.5 Å². The van der Waals surface area contributed by atoms with Gasteiger partial charge in [-0.2, -0.15) is 11.8 Å². The van der Waals surface area contributed by atoms with Gasteiger partial charge in [0.05, 0.1) is 17.7 Å². The van der Waals surface area contributed by atoms with Crippen LogP contribution >= 0.6 is 47.1 Å². The van der Waals surface area contributed by atoms with E-state index < -0.39 is 0 Å².